The Balaban J connectivity index is 1.64. The summed E-state index contributed by atoms with van der Waals surface area (Å²) in [6.07, 6.45) is -1.06. The second-order valence-electron chi connectivity index (χ2n) is 7.79. The van der Waals surface area contributed by atoms with Gasteiger partial charge >= 0.3 is 6.09 Å². The van der Waals surface area contributed by atoms with Crippen molar-refractivity contribution in [3.8, 4) is 0 Å². The van der Waals surface area contributed by atoms with Crippen molar-refractivity contribution in [3.05, 3.63) is 24.0 Å². The van der Waals surface area contributed by atoms with Gasteiger partial charge in [0.1, 0.15) is 18.5 Å². The number of aliphatic hydroxyl groups excluding tert-OH is 1. The van der Waals surface area contributed by atoms with Gasteiger partial charge in [-0.3, -0.25) is 14.5 Å². The highest BCUT2D eigenvalue weighted by Gasteiger charge is 2.34. The van der Waals surface area contributed by atoms with E-state index in [4.69, 9.17) is 9.84 Å². The molecular weight excluding hydrogens is 395 g/mol. The van der Waals surface area contributed by atoms with Crippen molar-refractivity contribution in [2.24, 2.45) is 11.8 Å². The van der Waals surface area contributed by atoms with E-state index < -0.39 is 30.5 Å². The first-order chi connectivity index (χ1) is 14.3. The van der Waals surface area contributed by atoms with Gasteiger partial charge in [-0.25, -0.2) is 9.18 Å². The maximum absolute atomic E-state index is 14.9. The Morgan fingerprint density at radius 1 is 1.23 bits per heavy atom. The Hall–Kier alpha value is -2.88. The van der Waals surface area contributed by atoms with E-state index in [0.29, 0.717) is 31.0 Å². The van der Waals surface area contributed by atoms with Gasteiger partial charge < -0.3 is 25.4 Å². The third-order valence-corrected chi connectivity index (χ3v) is 5.51. The number of halogens is 1. The van der Waals surface area contributed by atoms with Gasteiger partial charge in [-0.1, -0.05) is 6.92 Å². The van der Waals surface area contributed by atoms with Crippen molar-refractivity contribution in [1.82, 2.24) is 10.6 Å². The van der Waals surface area contributed by atoms with Gasteiger partial charge in [0.25, 0.3) is 0 Å². The molecule has 0 saturated carbocycles. The number of nitrogens with zero attached hydrogens (tertiary/aromatic N) is 2. The predicted molar refractivity (Wildman–Crippen MR) is 108 cm³/mol. The average Bonchev–Trinajstić information content (AvgIpc) is 3.26. The van der Waals surface area contributed by atoms with E-state index >= 15 is 0 Å². The van der Waals surface area contributed by atoms with Crippen molar-refractivity contribution >= 4 is 29.3 Å². The highest BCUT2D eigenvalue weighted by Crippen LogP contribution is 2.32. The quantitative estimate of drug-likeness (QED) is 0.589. The number of benzene rings is 1. The van der Waals surface area contributed by atoms with Crippen LogP contribution in [-0.4, -0.2) is 68.4 Å². The molecule has 0 unspecified atom stereocenters. The van der Waals surface area contributed by atoms with Crippen LogP contribution in [0.25, 0.3) is 0 Å². The molecule has 9 nitrogen and oxygen atoms in total. The maximum Gasteiger partial charge on any atom is 0.414 e. The summed E-state index contributed by atoms with van der Waals surface area (Å²) in [6, 6.07) is 4.62. The molecule has 0 aromatic heterocycles. The van der Waals surface area contributed by atoms with E-state index in [-0.39, 0.29) is 30.8 Å². The number of anilines is 2. The summed E-state index contributed by atoms with van der Waals surface area (Å²) < 4.78 is 20.1. The number of ether oxygens (including phenoxy) is 1. The van der Waals surface area contributed by atoms with Crippen molar-refractivity contribution < 1.29 is 28.6 Å². The minimum atomic E-state index is -0.577. The standard InChI is InChI=1S/C20H27FN4O5/c1-12-8-24(9-14(12)6-23-19(28)11-26)18-4-3-15(5-17(18)21)25-10-16(30-20(25)29)7-22-13(2)27/h3-5,12,14,16,26H,6-11H2,1-2H3,(H,22,27)(H,23,28)/t12-,14+,16+/m1/s1. The van der Waals surface area contributed by atoms with Crippen LogP contribution in [0.1, 0.15) is 13.8 Å². The second-order valence-corrected chi connectivity index (χ2v) is 7.79. The fourth-order valence-electron chi connectivity index (χ4n) is 3.81. The van der Waals surface area contributed by atoms with Gasteiger partial charge in [0.2, 0.25) is 11.8 Å². The van der Waals surface area contributed by atoms with Crippen LogP contribution in [0.2, 0.25) is 0 Å². The number of hydrogen-bond donors (Lipinski definition) is 3. The van der Waals surface area contributed by atoms with E-state index in [9.17, 15) is 18.8 Å². The van der Waals surface area contributed by atoms with E-state index in [1.54, 1.807) is 12.1 Å². The van der Waals surface area contributed by atoms with Crippen LogP contribution in [0.5, 0.6) is 0 Å². The Bertz CT molecular complexity index is 820. The minimum absolute atomic E-state index is 0.141. The third kappa shape index (κ3) is 4.99. The molecule has 3 rings (SSSR count). The van der Waals surface area contributed by atoms with Crippen molar-refractivity contribution in [2.75, 3.05) is 49.1 Å². The number of carbonyl (C=O) groups excluding carboxylic acids is 3. The number of amides is 3. The summed E-state index contributed by atoms with van der Waals surface area (Å²) >= 11 is 0. The molecule has 3 atom stereocenters. The monoisotopic (exact) mass is 422 g/mol. The number of rotatable bonds is 7. The largest absolute Gasteiger partial charge is 0.442 e. The molecule has 10 heteroatoms. The third-order valence-electron chi connectivity index (χ3n) is 5.51. The van der Waals surface area contributed by atoms with Crippen LogP contribution >= 0.6 is 0 Å². The molecule has 0 bridgehead atoms. The normalized spacial score (nSPS) is 23.5. The van der Waals surface area contributed by atoms with Gasteiger partial charge in [-0.15, -0.1) is 0 Å². The molecule has 1 aromatic rings. The average molecular weight is 422 g/mol. The number of nitrogens with one attached hydrogen (secondary N) is 2. The van der Waals surface area contributed by atoms with E-state index in [1.165, 1.54) is 17.9 Å². The number of cyclic esters (lactones) is 1. The molecule has 0 aliphatic carbocycles. The fourth-order valence-corrected chi connectivity index (χ4v) is 3.81. The molecule has 2 fully saturated rings. The minimum Gasteiger partial charge on any atom is -0.442 e. The zero-order valence-corrected chi connectivity index (χ0v) is 17.1. The predicted octanol–water partition coefficient (Wildman–Crippen LogP) is 0.468. The van der Waals surface area contributed by atoms with Gasteiger partial charge in [-0.05, 0) is 30.0 Å². The summed E-state index contributed by atoms with van der Waals surface area (Å²) in [5.74, 6) is -0.703. The topological polar surface area (TPSA) is 111 Å². The first kappa shape index (κ1) is 21.8. The summed E-state index contributed by atoms with van der Waals surface area (Å²) in [4.78, 5) is 37.7. The van der Waals surface area contributed by atoms with Gasteiger partial charge in [-0.2, -0.15) is 0 Å². The first-order valence-electron chi connectivity index (χ1n) is 9.93. The van der Waals surface area contributed by atoms with Gasteiger partial charge in [0, 0.05) is 26.6 Å². The molecule has 30 heavy (non-hydrogen) atoms. The zero-order valence-electron chi connectivity index (χ0n) is 17.1. The molecule has 3 N–H and O–H groups in total. The highest BCUT2D eigenvalue weighted by molar-refractivity contribution is 5.90. The van der Waals surface area contributed by atoms with E-state index in [0.717, 1.165) is 0 Å². The van der Waals surface area contributed by atoms with Gasteiger partial charge in [0.15, 0.2) is 0 Å². The molecule has 2 aliphatic rings. The highest BCUT2D eigenvalue weighted by atomic mass is 19.1. The van der Waals surface area contributed by atoms with Crippen LogP contribution < -0.4 is 20.4 Å². The first-order valence-corrected chi connectivity index (χ1v) is 9.93. The van der Waals surface area contributed by atoms with Crippen LogP contribution in [-0.2, 0) is 14.3 Å². The Morgan fingerprint density at radius 3 is 2.67 bits per heavy atom. The summed E-state index contributed by atoms with van der Waals surface area (Å²) in [5, 5.41) is 14.1. The lowest BCUT2D eigenvalue weighted by Gasteiger charge is -2.21. The van der Waals surface area contributed by atoms with Crippen molar-refractivity contribution in [3.63, 3.8) is 0 Å². The number of hydrogen-bond acceptors (Lipinski definition) is 6. The van der Waals surface area contributed by atoms with Gasteiger partial charge in [0.05, 0.1) is 24.5 Å². The maximum atomic E-state index is 14.9. The molecule has 0 radical (unpaired) electrons. The Kier molecular flexibility index (Phi) is 6.76. The van der Waals surface area contributed by atoms with E-state index in [2.05, 4.69) is 10.6 Å². The number of carbonyl (C=O) groups is 3. The van der Waals surface area contributed by atoms with Crippen LogP contribution in [0.15, 0.2) is 18.2 Å². The zero-order chi connectivity index (χ0) is 21.8. The van der Waals surface area contributed by atoms with Crippen molar-refractivity contribution in [1.29, 1.82) is 0 Å². The lowest BCUT2D eigenvalue weighted by Crippen LogP contribution is -2.34. The second kappa shape index (κ2) is 9.29. The lowest BCUT2D eigenvalue weighted by atomic mass is 9.98. The molecule has 0 spiro atoms. The Morgan fingerprint density at radius 2 is 2.00 bits per heavy atom. The molecule has 2 heterocycles. The van der Waals surface area contributed by atoms with Crippen LogP contribution in [0.3, 0.4) is 0 Å². The van der Waals surface area contributed by atoms with Crippen LogP contribution in [0.4, 0.5) is 20.6 Å². The summed E-state index contributed by atoms with van der Waals surface area (Å²) in [6.45, 7) is 4.94. The van der Waals surface area contributed by atoms with Crippen molar-refractivity contribution in [2.45, 2.75) is 20.0 Å². The molecule has 2 saturated heterocycles. The molecular formula is C20H27FN4O5. The number of aliphatic hydroxyl groups is 1. The Labute approximate surface area is 174 Å². The fraction of sp³-hybridized carbons (Fsp3) is 0.550. The SMILES string of the molecule is CC(=O)NC[C@H]1CN(c2ccc(N3C[C@H](CNC(=O)CO)[C@H](C)C3)c(F)c2)C(=O)O1. The molecule has 2 aliphatic heterocycles. The molecule has 3 amide bonds. The smallest absolute Gasteiger partial charge is 0.414 e. The summed E-state index contributed by atoms with van der Waals surface area (Å²) in [7, 11) is 0. The molecule has 1 aromatic carbocycles. The summed E-state index contributed by atoms with van der Waals surface area (Å²) in [5.41, 5.74) is 0.828. The lowest BCUT2D eigenvalue weighted by molar-refractivity contribution is -0.124. The molecule has 164 valence electrons. The van der Waals surface area contributed by atoms with Crippen LogP contribution in [0, 0.1) is 17.7 Å². The van der Waals surface area contributed by atoms with E-state index in [1.807, 2.05) is 11.8 Å².